The van der Waals surface area contributed by atoms with Crippen LogP contribution in [0.2, 0.25) is 0 Å². The van der Waals surface area contributed by atoms with Gasteiger partial charge in [-0.2, -0.15) is 0 Å². The average molecular weight is 407 g/mol. The molecule has 3 heteroatoms. The minimum absolute atomic E-state index is 0.121. The van der Waals surface area contributed by atoms with Crippen LogP contribution in [0.15, 0.2) is 0 Å². The normalized spacial score (nSPS) is 36.6. The molecule has 3 nitrogen and oxygen atoms in total. The minimum atomic E-state index is 0.121. The molecule has 0 amide bonds. The van der Waals surface area contributed by atoms with E-state index in [0.717, 1.165) is 62.4 Å². The molecule has 0 N–H and O–H groups in total. The zero-order valence-electron chi connectivity index (χ0n) is 19.4. The third-order valence-electron chi connectivity index (χ3n) is 8.23. The molecule has 0 aliphatic heterocycles. The number of ether oxygens (including phenoxy) is 2. The first-order chi connectivity index (χ1) is 14.1. The van der Waals surface area contributed by atoms with Gasteiger partial charge < -0.3 is 9.47 Å². The second kappa shape index (κ2) is 11.7. The van der Waals surface area contributed by atoms with E-state index in [9.17, 15) is 4.79 Å². The van der Waals surface area contributed by atoms with Gasteiger partial charge in [-0.1, -0.05) is 33.6 Å². The molecule has 0 aromatic rings. The quantitative estimate of drug-likeness (QED) is 0.340. The van der Waals surface area contributed by atoms with E-state index in [-0.39, 0.29) is 18.0 Å². The fourth-order valence-corrected chi connectivity index (χ4v) is 6.18. The van der Waals surface area contributed by atoms with Crippen LogP contribution in [-0.2, 0) is 14.3 Å². The van der Waals surface area contributed by atoms with Gasteiger partial charge in [-0.3, -0.25) is 4.79 Å². The average Bonchev–Trinajstić information content (AvgIpc) is 2.99. The van der Waals surface area contributed by atoms with Crippen LogP contribution in [0.25, 0.3) is 0 Å². The van der Waals surface area contributed by atoms with Gasteiger partial charge in [0, 0.05) is 6.61 Å². The fraction of sp³-hybridized carbons (Fsp3) is 0.962. The van der Waals surface area contributed by atoms with Gasteiger partial charge in [0.2, 0.25) is 0 Å². The maximum atomic E-state index is 12.8. The van der Waals surface area contributed by atoms with Gasteiger partial charge in [-0.25, -0.2) is 0 Å². The number of carbonyl (C=O) groups is 1. The summed E-state index contributed by atoms with van der Waals surface area (Å²) in [5, 5.41) is 0. The SMILES string of the molecule is CCCOC1CCC(C2CCCC(C(=O)OC3CCC(C(C)C)CC3)CC2)CC1. The van der Waals surface area contributed by atoms with E-state index in [1.807, 2.05) is 0 Å². The molecule has 3 aliphatic carbocycles. The van der Waals surface area contributed by atoms with Gasteiger partial charge in [0.1, 0.15) is 6.10 Å². The Morgan fingerprint density at radius 1 is 0.793 bits per heavy atom. The Hall–Kier alpha value is -0.570. The molecule has 3 aliphatic rings. The van der Waals surface area contributed by atoms with E-state index in [2.05, 4.69) is 20.8 Å². The molecule has 29 heavy (non-hydrogen) atoms. The van der Waals surface area contributed by atoms with E-state index in [1.165, 1.54) is 57.8 Å². The molecule has 0 heterocycles. The predicted octanol–water partition coefficient (Wildman–Crippen LogP) is 6.93. The van der Waals surface area contributed by atoms with Gasteiger partial charge >= 0.3 is 5.97 Å². The number of rotatable bonds is 7. The lowest BCUT2D eigenvalue weighted by Gasteiger charge is -2.33. The van der Waals surface area contributed by atoms with Crippen LogP contribution in [0, 0.1) is 29.6 Å². The summed E-state index contributed by atoms with van der Waals surface area (Å²) in [7, 11) is 0. The van der Waals surface area contributed by atoms with Crippen molar-refractivity contribution < 1.29 is 14.3 Å². The summed E-state index contributed by atoms with van der Waals surface area (Å²) in [6.07, 6.45) is 17.4. The summed E-state index contributed by atoms with van der Waals surface area (Å²) < 4.78 is 12.0. The highest BCUT2D eigenvalue weighted by atomic mass is 16.5. The Labute approximate surface area is 179 Å². The third-order valence-corrected chi connectivity index (χ3v) is 8.23. The predicted molar refractivity (Wildman–Crippen MR) is 119 cm³/mol. The lowest BCUT2D eigenvalue weighted by atomic mass is 9.76. The first-order valence-corrected chi connectivity index (χ1v) is 12.9. The van der Waals surface area contributed by atoms with Gasteiger partial charge in [-0.15, -0.1) is 0 Å². The highest BCUT2D eigenvalue weighted by Crippen LogP contribution is 2.40. The fourth-order valence-electron chi connectivity index (χ4n) is 6.18. The van der Waals surface area contributed by atoms with Gasteiger partial charge in [0.25, 0.3) is 0 Å². The topological polar surface area (TPSA) is 35.5 Å². The summed E-state index contributed by atoms with van der Waals surface area (Å²) in [4.78, 5) is 12.8. The monoisotopic (exact) mass is 406 g/mol. The molecule has 3 rings (SSSR count). The molecule has 0 aromatic carbocycles. The zero-order valence-corrected chi connectivity index (χ0v) is 19.4. The Kier molecular flexibility index (Phi) is 9.34. The smallest absolute Gasteiger partial charge is 0.309 e. The summed E-state index contributed by atoms with van der Waals surface area (Å²) in [5.74, 6) is 3.55. The van der Waals surface area contributed by atoms with Gasteiger partial charge in [0.05, 0.1) is 12.0 Å². The van der Waals surface area contributed by atoms with E-state index < -0.39 is 0 Å². The van der Waals surface area contributed by atoms with Crippen LogP contribution in [0.5, 0.6) is 0 Å². The van der Waals surface area contributed by atoms with Crippen molar-refractivity contribution in [2.24, 2.45) is 29.6 Å². The second-order valence-electron chi connectivity index (χ2n) is 10.6. The summed E-state index contributed by atoms with van der Waals surface area (Å²) >= 11 is 0. The lowest BCUT2D eigenvalue weighted by molar-refractivity contribution is -0.156. The Balaban J connectivity index is 1.38. The first kappa shape index (κ1) is 23.1. The highest BCUT2D eigenvalue weighted by Gasteiger charge is 2.33. The minimum Gasteiger partial charge on any atom is -0.462 e. The van der Waals surface area contributed by atoms with Crippen molar-refractivity contribution in [2.45, 2.75) is 123 Å². The molecule has 2 atom stereocenters. The Morgan fingerprint density at radius 3 is 2.07 bits per heavy atom. The van der Waals surface area contributed by atoms with E-state index in [4.69, 9.17) is 9.47 Å². The van der Waals surface area contributed by atoms with Crippen molar-refractivity contribution in [1.29, 1.82) is 0 Å². The third kappa shape index (κ3) is 6.97. The molecule has 0 saturated heterocycles. The lowest BCUT2D eigenvalue weighted by Crippen LogP contribution is -2.29. The van der Waals surface area contributed by atoms with Crippen LogP contribution in [0.4, 0.5) is 0 Å². The standard InChI is InChI=1S/C26H46O3/c1-4-18-28-24-14-12-22(13-15-24)21-6-5-7-23(9-8-21)26(27)29-25-16-10-20(11-17-25)19(2)3/h19-25H,4-18H2,1-3H3. The molecule has 2 unspecified atom stereocenters. The van der Waals surface area contributed by atoms with E-state index >= 15 is 0 Å². The van der Waals surface area contributed by atoms with Crippen molar-refractivity contribution in [3.05, 3.63) is 0 Å². The van der Waals surface area contributed by atoms with E-state index in [1.54, 1.807) is 0 Å². The Bertz CT molecular complexity index is 472. The van der Waals surface area contributed by atoms with Gasteiger partial charge in [0.15, 0.2) is 0 Å². The van der Waals surface area contributed by atoms with Crippen LogP contribution in [-0.4, -0.2) is 24.8 Å². The molecule has 0 aromatic heterocycles. The summed E-state index contributed by atoms with van der Waals surface area (Å²) in [6.45, 7) is 7.75. The summed E-state index contributed by atoms with van der Waals surface area (Å²) in [5.41, 5.74) is 0. The molecule has 3 fully saturated rings. The maximum Gasteiger partial charge on any atom is 0.309 e. The Morgan fingerprint density at radius 2 is 1.41 bits per heavy atom. The molecule has 168 valence electrons. The van der Waals surface area contributed by atoms with Crippen molar-refractivity contribution in [3.8, 4) is 0 Å². The molecule has 0 bridgehead atoms. The van der Waals surface area contributed by atoms with Crippen LogP contribution < -0.4 is 0 Å². The zero-order chi connectivity index (χ0) is 20.6. The van der Waals surface area contributed by atoms with Crippen molar-refractivity contribution in [2.75, 3.05) is 6.61 Å². The van der Waals surface area contributed by atoms with Crippen LogP contribution >= 0.6 is 0 Å². The number of hydrogen-bond donors (Lipinski definition) is 0. The highest BCUT2D eigenvalue weighted by molar-refractivity contribution is 5.72. The molecular weight excluding hydrogens is 360 g/mol. The number of hydrogen-bond acceptors (Lipinski definition) is 3. The first-order valence-electron chi connectivity index (χ1n) is 12.9. The molecule has 3 saturated carbocycles. The molecule has 0 spiro atoms. The van der Waals surface area contributed by atoms with Crippen molar-refractivity contribution >= 4 is 5.97 Å². The molecular formula is C26H46O3. The van der Waals surface area contributed by atoms with Gasteiger partial charge in [-0.05, 0) is 101 Å². The van der Waals surface area contributed by atoms with Crippen molar-refractivity contribution in [1.82, 2.24) is 0 Å². The van der Waals surface area contributed by atoms with E-state index in [0.29, 0.717) is 6.10 Å². The number of carbonyl (C=O) groups excluding carboxylic acids is 1. The number of esters is 1. The van der Waals surface area contributed by atoms with Crippen molar-refractivity contribution in [3.63, 3.8) is 0 Å². The van der Waals surface area contributed by atoms with Crippen LogP contribution in [0.1, 0.15) is 111 Å². The second-order valence-corrected chi connectivity index (χ2v) is 10.6. The largest absolute Gasteiger partial charge is 0.462 e. The molecule has 0 radical (unpaired) electrons. The maximum absolute atomic E-state index is 12.8. The summed E-state index contributed by atoms with van der Waals surface area (Å²) in [6, 6.07) is 0. The van der Waals surface area contributed by atoms with Crippen LogP contribution in [0.3, 0.4) is 0 Å².